The minimum Gasteiger partial charge on any atom is -0.394 e. The zero-order chi connectivity index (χ0) is 27.4. The second-order valence-corrected chi connectivity index (χ2v) is 10.2. The summed E-state index contributed by atoms with van der Waals surface area (Å²) < 4.78 is 11.3. The summed E-state index contributed by atoms with van der Waals surface area (Å²) in [5.41, 5.74) is 3.36. The zero-order valence-electron chi connectivity index (χ0n) is 21.0. The van der Waals surface area contributed by atoms with Crippen LogP contribution in [0.5, 0.6) is 0 Å². The van der Waals surface area contributed by atoms with Gasteiger partial charge >= 0.3 is 0 Å². The molecule has 10 heteroatoms. The predicted molar refractivity (Wildman–Crippen MR) is 135 cm³/mol. The fourth-order valence-corrected chi connectivity index (χ4v) is 5.26. The summed E-state index contributed by atoms with van der Waals surface area (Å²) in [4.78, 5) is 0. The summed E-state index contributed by atoms with van der Waals surface area (Å²) in [6.45, 7) is -0.947. The zero-order valence-corrected chi connectivity index (χ0v) is 21.0. The Morgan fingerprint density at radius 1 is 0.526 bits per heavy atom. The number of hydrogen-bond donors (Lipinski definition) is 8. The second-order valence-electron chi connectivity index (χ2n) is 10.2. The van der Waals surface area contributed by atoms with Gasteiger partial charge in [0.15, 0.2) is 0 Å². The normalized spacial score (nSPS) is 35.8. The van der Waals surface area contributed by atoms with Gasteiger partial charge in [-0.2, -0.15) is 0 Å². The lowest BCUT2D eigenvalue weighted by Crippen LogP contribution is -2.55. The molecule has 210 valence electrons. The lowest BCUT2D eigenvalue weighted by atomic mass is 9.90. The molecule has 8 N–H and O–H groups in total. The summed E-state index contributed by atoms with van der Waals surface area (Å²) >= 11 is 0. The van der Waals surface area contributed by atoms with Crippen molar-refractivity contribution in [2.75, 3.05) is 13.2 Å². The summed E-state index contributed by atoms with van der Waals surface area (Å²) in [6, 6.07) is 15.0. The molecule has 4 rings (SSSR count). The van der Waals surface area contributed by atoms with Crippen LogP contribution in [-0.4, -0.2) is 103 Å². The fraction of sp³-hybridized carbons (Fsp3) is 0.571. The Balaban J connectivity index is 1.33. The number of benzene rings is 2. The number of unbranched alkanes of at least 4 members (excludes halogenated alkanes) is 1. The highest BCUT2D eigenvalue weighted by Gasteiger charge is 2.45. The molecule has 0 spiro atoms. The lowest BCUT2D eigenvalue weighted by Gasteiger charge is -2.40. The third-order valence-electron chi connectivity index (χ3n) is 7.52. The van der Waals surface area contributed by atoms with E-state index in [4.69, 9.17) is 9.47 Å². The molecule has 2 aromatic rings. The first-order chi connectivity index (χ1) is 18.2. The summed E-state index contributed by atoms with van der Waals surface area (Å²) in [7, 11) is 0. The van der Waals surface area contributed by atoms with Crippen LogP contribution in [0.15, 0.2) is 48.5 Å². The molecule has 0 amide bonds. The molecule has 0 aromatic heterocycles. The molecule has 38 heavy (non-hydrogen) atoms. The van der Waals surface area contributed by atoms with E-state index in [0.29, 0.717) is 11.1 Å². The lowest BCUT2D eigenvalue weighted by molar-refractivity contribution is -0.231. The van der Waals surface area contributed by atoms with E-state index in [0.717, 1.165) is 36.8 Å². The first-order valence-electron chi connectivity index (χ1n) is 13.0. The van der Waals surface area contributed by atoms with Gasteiger partial charge < -0.3 is 50.3 Å². The SMILES string of the molecule is OCC1OC(c2cccc(CCCCc3cccc(C4OC(CO)C(O)C(O)C4O)c3)c2)C(O)C(O)C1O. The van der Waals surface area contributed by atoms with Gasteiger partial charge in [0.25, 0.3) is 0 Å². The van der Waals surface area contributed by atoms with Crippen LogP contribution in [0.4, 0.5) is 0 Å². The highest BCUT2D eigenvalue weighted by molar-refractivity contribution is 5.28. The first-order valence-corrected chi connectivity index (χ1v) is 13.0. The van der Waals surface area contributed by atoms with Gasteiger partial charge in [0.05, 0.1) is 13.2 Å². The Kier molecular flexibility index (Phi) is 9.88. The minimum atomic E-state index is -1.42. The molecule has 0 radical (unpaired) electrons. The van der Waals surface area contributed by atoms with Crippen LogP contribution < -0.4 is 0 Å². The maximum Gasteiger partial charge on any atom is 0.113 e. The average molecular weight is 535 g/mol. The summed E-state index contributed by atoms with van der Waals surface area (Å²) in [5, 5.41) is 80.0. The van der Waals surface area contributed by atoms with Gasteiger partial charge in [-0.15, -0.1) is 0 Å². The standard InChI is InChI=1S/C28H38O10/c29-13-19-21(31)23(33)25(35)27(37-19)17-9-3-7-15(11-17)5-1-2-6-16-8-4-10-18(12-16)28-26(36)24(34)22(32)20(14-30)38-28/h3-4,7-12,19-36H,1-2,5-6,13-14H2. The number of hydrogen-bond acceptors (Lipinski definition) is 10. The maximum absolute atomic E-state index is 10.4. The Bertz CT molecular complexity index is 949. The molecule has 2 heterocycles. The number of aliphatic hydroxyl groups excluding tert-OH is 8. The van der Waals surface area contributed by atoms with Crippen LogP contribution in [0.2, 0.25) is 0 Å². The molecule has 0 aliphatic carbocycles. The fourth-order valence-electron chi connectivity index (χ4n) is 5.26. The van der Waals surface area contributed by atoms with Crippen LogP contribution in [0.3, 0.4) is 0 Å². The predicted octanol–water partition coefficient (Wildman–Crippen LogP) is -0.718. The van der Waals surface area contributed by atoms with Crippen molar-refractivity contribution in [1.29, 1.82) is 0 Å². The van der Waals surface area contributed by atoms with Gasteiger partial charge in [0.1, 0.15) is 61.0 Å². The molecular weight excluding hydrogens is 496 g/mol. The number of aryl methyl sites for hydroxylation is 2. The monoisotopic (exact) mass is 534 g/mol. The largest absolute Gasteiger partial charge is 0.394 e. The highest BCUT2D eigenvalue weighted by Crippen LogP contribution is 2.34. The van der Waals surface area contributed by atoms with Gasteiger partial charge in [-0.05, 0) is 47.9 Å². The summed E-state index contributed by atoms with van der Waals surface area (Å²) in [6.07, 6.45) is -8.67. The maximum atomic E-state index is 10.4. The molecular formula is C28H38O10. The molecule has 2 aromatic carbocycles. The van der Waals surface area contributed by atoms with Crippen molar-refractivity contribution in [2.45, 2.75) is 86.7 Å². The molecule has 2 saturated heterocycles. The van der Waals surface area contributed by atoms with Crippen molar-refractivity contribution >= 4 is 0 Å². The molecule has 0 bridgehead atoms. The second kappa shape index (κ2) is 12.9. The molecule has 10 nitrogen and oxygen atoms in total. The summed E-state index contributed by atoms with van der Waals surface area (Å²) in [5.74, 6) is 0. The van der Waals surface area contributed by atoms with E-state index >= 15 is 0 Å². The molecule has 0 saturated carbocycles. The van der Waals surface area contributed by atoms with Crippen molar-refractivity contribution in [1.82, 2.24) is 0 Å². The van der Waals surface area contributed by atoms with E-state index in [1.807, 2.05) is 36.4 Å². The van der Waals surface area contributed by atoms with Crippen LogP contribution in [-0.2, 0) is 22.3 Å². The Morgan fingerprint density at radius 2 is 0.921 bits per heavy atom. The number of ether oxygens (including phenoxy) is 2. The minimum absolute atomic E-state index is 0.473. The van der Waals surface area contributed by atoms with Gasteiger partial charge in [-0.1, -0.05) is 48.5 Å². The Morgan fingerprint density at radius 3 is 1.29 bits per heavy atom. The third kappa shape index (κ3) is 6.26. The highest BCUT2D eigenvalue weighted by atomic mass is 16.6. The van der Waals surface area contributed by atoms with Crippen LogP contribution in [0.1, 0.15) is 47.3 Å². The van der Waals surface area contributed by atoms with Crippen molar-refractivity contribution in [2.24, 2.45) is 0 Å². The van der Waals surface area contributed by atoms with E-state index in [9.17, 15) is 40.9 Å². The van der Waals surface area contributed by atoms with Gasteiger partial charge in [-0.25, -0.2) is 0 Å². The topological polar surface area (TPSA) is 180 Å². The first kappa shape index (κ1) is 29.0. The van der Waals surface area contributed by atoms with Crippen molar-refractivity contribution in [3.8, 4) is 0 Å². The van der Waals surface area contributed by atoms with E-state index in [2.05, 4.69) is 0 Å². The van der Waals surface area contributed by atoms with Gasteiger partial charge in [-0.3, -0.25) is 0 Å². The number of rotatable bonds is 9. The molecule has 10 unspecified atom stereocenters. The molecule has 10 atom stereocenters. The Labute approximate surface area is 221 Å². The Hall–Kier alpha value is -1.96. The van der Waals surface area contributed by atoms with E-state index < -0.39 is 74.3 Å². The van der Waals surface area contributed by atoms with Crippen molar-refractivity contribution in [3.63, 3.8) is 0 Å². The van der Waals surface area contributed by atoms with Crippen LogP contribution in [0, 0.1) is 0 Å². The smallest absolute Gasteiger partial charge is 0.113 e. The van der Waals surface area contributed by atoms with Crippen LogP contribution >= 0.6 is 0 Å². The molecule has 2 fully saturated rings. The molecule has 2 aliphatic rings. The van der Waals surface area contributed by atoms with E-state index in [1.165, 1.54) is 0 Å². The van der Waals surface area contributed by atoms with E-state index in [-0.39, 0.29) is 0 Å². The molecule has 2 aliphatic heterocycles. The van der Waals surface area contributed by atoms with Gasteiger partial charge in [0, 0.05) is 0 Å². The van der Waals surface area contributed by atoms with Crippen molar-refractivity contribution < 1.29 is 50.3 Å². The van der Waals surface area contributed by atoms with Gasteiger partial charge in [0.2, 0.25) is 0 Å². The number of aliphatic hydroxyl groups is 8. The van der Waals surface area contributed by atoms with E-state index in [1.54, 1.807) is 12.1 Å². The quantitative estimate of drug-likeness (QED) is 0.191. The van der Waals surface area contributed by atoms with Crippen molar-refractivity contribution in [3.05, 3.63) is 70.8 Å². The average Bonchev–Trinajstić information content (AvgIpc) is 2.93. The third-order valence-corrected chi connectivity index (χ3v) is 7.52. The van der Waals surface area contributed by atoms with Crippen LogP contribution in [0.25, 0.3) is 0 Å².